The molecule has 0 spiro atoms. The van der Waals surface area contributed by atoms with Crippen LogP contribution in [0.5, 0.6) is 0 Å². The van der Waals surface area contributed by atoms with Crippen LogP contribution in [-0.2, 0) is 20.3 Å². The molecule has 0 aromatic heterocycles. The monoisotopic (exact) mass is 272 g/mol. The van der Waals surface area contributed by atoms with Crippen LogP contribution in [0.1, 0.15) is 0 Å². The number of halogens is 2. The predicted molar refractivity (Wildman–Crippen MR) is 46.9 cm³/mol. The van der Waals surface area contributed by atoms with Crippen LogP contribution >= 0.6 is 23.6 Å². The fraction of sp³-hybridized carbons (Fsp3) is 1.00. The van der Waals surface area contributed by atoms with E-state index in [4.69, 9.17) is 28.1 Å². The van der Waals surface area contributed by atoms with Gasteiger partial charge in [-0.3, -0.25) is 4.55 Å². The Labute approximate surface area is 85.8 Å². The van der Waals surface area contributed by atoms with Gasteiger partial charge in [-0.2, -0.15) is 21.6 Å². The lowest BCUT2D eigenvalue weighted by Gasteiger charge is -2.06. The summed E-state index contributed by atoms with van der Waals surface area (Å²) in [6.07, 6.45) is 0. The smallest absolute Gasteiger partial charge is 0.286 e. The van der Waals surface area contributed by atoms with Crippen molar-refractivity contribution in [2.24, 2.45) is 0 Å². The van der Waals surface area contributed by atoms with Crippen LogP contribution in [0.3, 0.4) is 0 Å². The molecule has 2 N–H and O–H groups in total. The molecule has 0 amide bonds. The molecule has 80 valence electrons. The van der Waals surface area contributed by atoms with Gasteiger partial charge in [-0.15, -0.1) is 0 Å². The molecular formula is C2H6Cl2N2O5S2. The van der Waals surface area contributed by atoms with Gasteiger partial charge in [-0.25, -0.2) is 0 Å². The van der Waals surface area contributed by atoms with Gasteiger partial charge < -0.3 is 0 Å². The second-order valence-corrected chi connectivity index (χ2v) is 6.28. The summed E-state index contributed by atoms with van der Waals surface area (Å²) >= 11 is 9.71. The van der Waals surface area contributed by atoms with Crippen molar-refractivity contribution < 1.29 is 21.4 Å². The molecule has 0 unspecified atom stereocenters. The molecule has 0 saturated heterocycles. The summed E-state index contributed by atoms with van der Waals surface area (Å²) in [7, 11) is -8.29. The molecule has 0 rings (SSSR count). The van der Waals surface area contributed by atoms with E-state index in [0.717, 1.165) is 0 Å². The van der Waals surface area contributed by atoms with Gasteiger partial charge in [-0.1, -0.05) is 0 Å². The van der Waals surface area contributed by atoms with Gasteiger partial charge in [0.25, 0.3) is 10.1 Å². The van der Waals surface area contributed by atoms with Crippen LogP contribution in [0.4, 0.5) is 0 Å². The first-order valence-electron chi connectivity index (χ1n) is 2.72. The molecule has 0 aliphatic carbocycles. The van der Waals surface area contributed by atoms with E-state index in [9.17, 15) is 16.8 Å². The van der Waals surface area contributed by atoms with E-state index < -0.39 is 32.6 Å². The summed E-state index contributed by atoms with van der Waals surface area (Å²) in [6.45, 7) is -0.517. The van der Waals surface area contributed by atoms with Crippen molar-refractivity contribution in [2.45, 2.75) is 0 Å². The average Bonchev–Trinajstić information content (AvgIpc) is 1.82. The molecule has 0 heterocycles. The summed E-state index contributed by atoms with van der Waals surface area (Å²) in [4.78, 5) is 0. The van der Waals surface area contributed by atoms with Crippen LogP contribution in [0.2, 0.25) is 0 Å². The topological polar surface area (TPSA) is 104 Å². The minimum absolute atomic E-state index is 0.156. The minimum atomic E-state index is -4.20. The molecule has 0 aliphatic heterocycles. The second-order valence-electron chi connectivity index (χ2n) is 1.86. The van der Waals surface area contributed by atoms with Crippen LogP contribution in [0.15, 0.2) is 0 Å². The third kappa shape index (κ3) is 6.43. The van der Waals surface area contributed by atoms with Crippen LogP contribution < -0.4 is 4.72 Å². The molecule has 7 nitrogen and oxygen atoms in total. The van der Waals surface area contributed by atoms with E-state index in [1.165, 1.54) is 0 Å². The molecule has 0 aliphatic rings. The van der Waals surface area contributed by atoms with E-state index in [1.807, 2.05) is 0 Å². The lowest BCUT2D eigenvalue weighted by molar-refractivity contribution is 0.482. The molecule has 13 heavy (non-hydrogen) atoms. The fourth-order valence-corrected chi connectivity index (χ4v) is 1.59. The Hall–Kier alpha value is 0.360. The van der Waals surface area contributed by atoms with Crippen molar-refractivity contribution in [3.05, 3.63) is 0 Å². The summed E-state index contributed by atoms with van der Waals surface area (Å²) < 4.78 is 51.4. The van der Waals surface area contributed by atoms with E-state index >= 15 is 0 Å². The first kappa shape index (κ1) is 13.4. The lowest BCUT2D eigenvalue weighted by Crippen LogP contribution is -2.33. The Balaban J connectivity index is 4.07. The maximum Gasteiger partial charge on any atom is 0.307 e. The Bertz CT molecular complexity index is 347. The van der Waals surface area contributed by atoms with Gasteiger partial charge in [0, 0.05) is 30.1 Å². The number of hydrogen-bond donors (Lipinski definition) is 2. The first-order chi connectivity index (χ1) is 5.65. The maximum absolute atomic E-state index is 10.7. The number of hydrogen-bond acceptors (Lipinski definition) is 4. The van der Waals surface area contributed by atoms with Crippen molar-refractivity contribution in [2.75, 3.05) is 12.3 Å². The van der Waals surface area contributed by atoms with Crippen LogP contribution in [0, 0.1) is 0 Å². The Morgan fingerprint density at radius 2 is 1.69 bits per heavy atom. The molecule has 0 bridgehead atoms. The van der Waals surface area contributed by atoms with Crippen molar-refractivity contribution in [1.82, 2.24) is 8.07 Å². The molecule has 11 heteroatoms. The van der Waals surface area contributed by atoms with Gasteiger partial charge in [0.2, 0.25) is 0 Å². The van der Waals surface area contributed by atoms with Crippen molar-refractivity contribution >= 4 is 43.9 Å². The van der Waals surface area contributed by atoms with Gasteiger partial charge in [0.1, 0.15) is 0 Å². The molecule has 0 saturated carbocycles. The lowest BCUT2D eigenvalue weighted by atomic mass is 10.8. The van der Waals surface area contributed by atoms with Gasteiger partial charge in [0.15, 0.2) is 0 Å². The molecule has 0 atom stereocenters. The third-order valence-corrected chi connectivity index (χ3v) is 3.57. The summed E-state index contributed by atoms with van der Waals surface area (Å²) in [5, 5.41) is 0. The van der Waals surface area contributed by atoms with E-state index in [-0.39, 0.29) is 3.34 Å². The SMILES string of the molecule is O=S(=O)(O)CCNS(=O)(=O)N(Cl)Cl. The summed E-state index contributed by atoms with van der Waals surface area (Å²) in [5.41, 5.74) is 0. The standard InChI is InChI=1S/C2H6Cl2N2O5S2/c3-6(4)13(10,11)5-1-2-12(7,8)9/h5H,1-2H2,(H,7,8,9). The molecule has 0 fully saturated rings. The molecule has 0 aromatic rings. The average molecular weight is 273 g/mol. The van der Waals surface area contributed by atoms with E-state index in [0.29, 0.717) is 0 Å². The number of nitrogens with one attached hydrogen (secondary N) is 1. The zero-order chi connectivity index (χ0) is 10.7. The van der Waals surface area contributed by atoms with Crippen LogP contribution in [-0.4, -0.2) is 37.0 Å². The minimum Gasteiger partial charge on any atom is -0.286 e. The molecule has 0 radical (unpaired) electrons. The summed E-state index contributed by atoms with van der Waals surface area (Å²) in [6, 6.07) is 0. The highest BCUT2D eigenvalue weighted by atomic mass is 35.5. The van der Waals surface area contributed by atoms with Gasteiger partial charge >= 0.3 is 10.2 Å². The highest BCUT2D eigenvalue weighted by molar-refractivity contribution is 7.89. The fourth-order valence-electron chi connectivity index (χ4n) is 0.348. The zero-order valence-electron chi connectivity index (χ0n) is 6.01. The predicted octanol–water partition coefficient (Wildman–Crippen LogP) is -0.682. The zero-order valence-corrected chi connectivity index (χ0v) is 9.16. The van der Waals surface area contributed by atoms with Crippen molar-refractivity contribution in [3.63, 3.8) is 0 Å². The first-order valence-corrected chi connectivity index (χ1v) is 6.44. The third-order valence-electron chi connectivity index (χ3n) is 0.826. The number of nitrogens with zero attached hydrogens (tertiary/aromatic N) is 1. The maximum atomic E-state index is 10.7. The Morgan fingerprint density at radius 3 is 2.00 bits per heavy atom. The second kappa shape index (κ2) is 4.73. The quantitative estimate of drug-likeness (QED) is 0.510. The Kier molecular flexibility index (Phi) is 4.86. The van der Waals surface area contributed by atoms with E-state index in [2.05, 4.69) is 0 Å². The van der Waals surface area contributed by atoms with Crippen LogP contribution in [0.25, 0.3) is 0 Å². The van der Waals surface area contributed by atoms with E-state index in [1.54, 1.807) is 4.72 Å². The largest absolute Gasteiger partial charge is 0.307 e. The van der Waals surface area contributed by atoms with Gasteiger partial charge in [-0.05, 0) is 3.34 Å². The Morgan fingerprint density at radius 1 is 1.23 bits per heavy atom. The molecule has 0 aromatic carbocycles. The van der Waals surface area contributed by atoms with Gasteiger partial charge in [0.05, 0.1) is 5.75 Å². The van der Waals surface area contributed by atoms with Crippen molar-refractivity contribution in [3.8, 4) is 0 Å². The normalized spacial score (nSPS) is 13.5. The summed E-state index contributed by atoms with van der Waals surface area (Å²) in [5.74, 6) is -0.756. The molecular weight excluding hydrogens is 267 g/mol. The highest BCUT2D eigenvalue weighted by Gasteiger charge is 2.17. The van der Waals surface area contributed by atoms with Crippen molar-refractivity contribution in [1.29, 1.82) is 0 Å². The highest BCUT2D eigenvalue weighted by Crippen LogP contribution is 2.04. The number of rotatable bonds is 5.